The van der Waals surface area contributed by atoms with E-state index in [0.717, 1.165) is 0 Å². The molecule has 0 saturated heterocycles. The number of nitrogen functional groups attached to an aromatic ring is 2. The van der Waals surface area contributed by atoms with Crippen molar-refractivity contribution in [2.75, 3.05) is 37.5 Å². The Kier molecular flexibility index (Phi) is 10.5. The van der Waals surface area contributed by atoms with Crippen molar-refractivity contribution in [3.8, 4) is 0 Å². The van der Waals surface area contributed by atoms with Gasteiger partial charge in [-0.15, -0.1) is 0 Å². The van der Waals surface area contributed by atoms with Gasteiger partial charge < -0.3 is 40.5 Å². The molecule has 4 rings (SSSR count). The lowest BCUT2D eigenvalue weighted by molar-refractivity contribution is 0.0563. The summed E-state index contributed by atoms with van der Waals surface area (Å²) in [5, 5.41) is 7.90. The lowest BCUT2D eigenvalue weighted by Crippen LogP contribution is -2.19. The molecule has 0 fully saturated rings. The first-order chi connectivity index (χ1) is 18.8. The first-order valence-electron chi connectivity index (χ1n) is 11.1. The summed E-state index contributed by atoms with van der Waals surface area (Å²) in [4.78, 5) is 50.3. The van der Waals surface area contributed by atoms with Gasteiger partial charge in [0, 0.05) is 24.0 Å². The summed E-state index contributed by atoms with van der Waals surface area (Å²) >= 11 is 0. The molecule has 0 aliphatic rings. The Balaban J connectivity index is 0.000000220. The quantitative estimate of drug-likeness (QED) is 0.110. The van der Waals surface area contributed by atoms with Crippen LogP contribution in [-0.4, -0.2) is 97.0 Å². The fourth-order valence-corrected chi connectivity index (χ4v) is 4.07. The van der Waals surface area contributed by atoms with Crippen molar-refractivity contribution in [3.63, 3.8) is 0 Å². The summed E-state index contributed by atoms with van der Waals surface area (Å²) in [5.74, 6) is 0.267. The van der Waals surface area contributed by atoms with Crippen molar-refractivity contribution in [1.82, 2.24) is 39.2 Å². The van der Waals surface area contributed by atoms with E-state index in [9.17, 15) is 17.9 Å². The highest BCUT2D eigenvalue weighted by molar-refractivity contribution is 7.51. The molecule has 8 N–H and O–H groups in total. The van der Waals surface area contributed by atoms with E-state index in [4.69, 9.17) is 40.5 Å². The summed E-state index contributed by atoms with van der Waals surface area (Å²) in [6.45, 7) is -1.78. The van der Waals surface area contributed by atoms with E-state index in [1.165, 1.54) is 34.1 Å². The number of halogens is 2. The Bertz CT molecular complexity index is 1400. The Morgan fingerprint density at radius 1 is 0.750 bits per heavy atom. The molecular formula is C18H26F2N10O8P2. The molecule has 2 atom stereocenters. The molecule has 4 aromatic heterocycles. The van der Waals surface area contributed by atoms with Gasteiger partial charge in [0.05, 0.1) is 24.6 Å². The van der Waals surface area contributed by atoms with Crippen LogP contribution in [0.15, 0.2) is 25.0 Å². The standard InChI is InChI=1S/2C9H13FN5O4P/c2*10-2-7(19-5-20(16,17)18)1-6-3-14-15-8(6)12-4-13-9(15)11/h2*3-4,7H,1-2,5H2,(H2,11,12,13)(H2,16,17,18)/t2*7-/m10/s1. The number of nitrogens with two attached hydrogens (primary N) is 2. The molecule has 0 radical (unpaired) electrons. The highest BCUT2D eigenvalue weighted by Gasteiger charge is 2.21. The topological polar surface area (TPSA) is 272 Å². The predicted molar refractivity (Wildman–Crippen MR) is 133 cm³/mol. The summed E-state index contributed by atoms with van der Waals surface area (Å²) in [6.07, 6.45) is 1.84. The molecule has 0 unspecified atom stereocenters. The molecule has 220 valence electrons. The van der Waals surface area contributed by atoms with Crippen molar-refractivity contribution in [2.24, 2.45) is 0 Å². The van der Waals surface area contributed by atoms with E-state index in [1.54, 1.807) is 0 Å². The van der Waals surface area contributed by atoms with Crippen LogP contribution in [0.25, 0.3) is 11.3 Å². The van der Waals surface area contributed by atoms with Gasteiger partial charge in [0.1, 0.15) is 38.7 Å². The van der Waals surface area contributed by atoms with Gasteiger partial charge in [0.25, 0.3) is 0 Å². The zero-order valence-corrected chi connectivity index (χ0v) is 22.3. The van der Waals surface area contributed by atoms with E-state index < -0.39 is 53.4 Å². The number of alkyl halides is 2. The number of anilines is 2. The predicted octanol–water partition coefficient (Wildman–Crippen LogP) is -0.522. The maximum absolute atomic E-state index is 12.8. The fraction of sp³-hybridized carbons (Fsp3) is 0.444. The van der Waals surface area contributed by atoms with Crippen LogP contribution in [0.5, 0.6) is 0 Å². The molecule has 4 heterocycles. The van der Waals surface area contributed by atoms with Gasteiger partial charge in [-0.25, -0.2) is 28.7 Å². The molecule has 0 aliphatic heterocycles. The van der Waals surface area contributed by atoms with Crippen LogP contribution in [0, 0.1) is 0 Å². The van der Waals surface area contributed by atoms with E-state index in [1.807, 2.05) is 0 Å². The molecule has 0 saturated carbocycles. The molecule has 0 aromatic carbocycles. The van der Waals surface area contributed by atoms with E-state index in [0.29, 0.717) is 22.4 Å². The second-order valence-corrected chi connectivity index (χ2v) is 11.3. The number of aromatic nitrogens is 8. The Labute approximate surface area is 223 Å². The van der Waals surface area contributed by atoms with E-state index in [2.05, 4.69) is 30.1 Å². The number of nitrogens with zero attached hydrogens (tertiary/aromatic N) is 8. The monoisotopic (exact) mass is 610 g/mol. The summed E-state index contributed by atoms with van der Waals surface area (Å²) in [7, 11) is -8.67. The lowest BCUT2D eigenvalue weighted by atomic mass is 10.1. The van der Waals surface area contributed by atoms with Crippen molar-refractivity contribution in [2.45, 2.75) is 25.0 Å². The van der Waals surface area contributed by atoms with Gasteiger partial charge in [-0.3, -0.25) is 9.13 Å². The van der Waals surface area contributed by atoms with Crippen LogP contribution in [0.1, 0.15) is 11.1 Å². The van der Waals surface area contributed by atoms with Gasteiger partial charge >= 0.3 is 15.2 Å². The maximum atomic E-state index is 12.8. The third-order valence-electron chi connectivity index (χ3n) is 5.00. The lowest BCUT2D eigenvalue weighted by Gasteiger charge is -2.14. The summed E-state index contributed by atoms with van der Waals surface area (Å²) in [6, 6.07) is 0. The largest absolute Gasteiger partial charge is 0.368 e. The second-order valence-electron chi connectivity index (χ2n) is 8.16. The number of ether oxygens (including phenoxy) is 2. The maximum Gasteiger partial charge on any atom is 0.350 e. The SMILES string of the molecule is Nc1ncnc2c(C[C@@H](CF)OCP(=O)(O)O)cnn12.Nc1ncnc2c(C[C@H](CF)OCP(=O)(O)O)cnn12. The minimum Gasteiger partial charge on any atom is -0.368 e. The number of fused-ring (bicyclic) bond motifs is 2. The molecular weight excluding hydrogens is 584 g/mol. The first kappa shape index (κ1) is 31.3. The third-order valence-corrected chi connectivity index (χ3v) is 5.97. The van der Waals surface area contributed by atoms with Crippen molar-refractivity contribution < 1.29 is 47.0 Å². The van der Waals surface area contributed by atoms with Gasteiger partial charge in [-0.1, -0.05) is 0 Å². The van der Waals surface area contributed by atoms with Crippen LogP contribution in [0.4, 0.5) is 20.7 Å². The molecule has 0 aliphatic carbocycles. The average Bonchev–Trinajstić information content (AvgIpc) is 3.49. The van der Waals surface area contributed by atoms with Crippen LogP contribution in [0.3, 0.4) is 0 Å². The average molecular weight is 610 g/mol. The number of hydrogen-bond acceptors (Lipinski definition) is 12. The third kappa shape index (κ3) is 8.90. The Morgan fingerprint density at radius 3 is 1.45 bits per heavy atom. The van der Waals surface area contributed by atoms with Crippen LogP contribution >= 0.6 is 15.2 Å². The normalized spacial score (nSPS) is 13.8. The second kappa shape index (κ2) is 13.4. The molecule has 0 bridgehead atoms. The molecule has 0 spiro atoms. The van der Waals surface area contributed by atoms with Crippen molar-refractivity contribution in [3.05, 3.63) is 36.2 Å². The smallest absolute Gasteiger partial charge is 0.350 e. The zero-order valence-electron chi connectivity index (χ0n) is 20.5. The van der Waals surface area contributed by atoms with E-state index >= 15 is 0 Å². The Hall–Kier alpha value is -3.22. The molecule has 18 nitrogen and oxygen atoms in total. The number of rotatable bonds is 12. The van der Waals surface area contributed by atoms with Crippen molar-refractivity contribution in [1.29, 1.82) is 0 Å². The zero-order chi connectivity index (χ0) is 29.5. The van der Waals surface area contributed by atoms with Gasteiger partial charge in [-0.2, -0.15) is 19.2 Å². The highest BCUT2D eigenvalue weighted by Crippen LogP contribution is 2.35. The molecule has 0 amide bonds. The molecule has 40 heavy (non-hydrogen) atoms. The minimum atomic E-state index is -4.33. The molecule has 4 aromatic rings. The number of hydrogen-bond donors (Lipinski definition) is 6. The first-order valence-corrected chi connectivity index (χ1v) is 14.7. The van der Waals surface area contributed by atoms with Gasteiger partial charge in [0.15, 0.2) is 11.3 Å². The Morgan fingerprint density at radius 2 is 1.12 bits per heavy atom. The minimum absolute atomic E-state index is 0.0659. The van der Waals surface area contributed by atoms with Gasteiger partial charge in [-0.05, 0) is 0 Å². The summed E-state index contributed by atoms with van der Waals surface area (Å²) in [5.41, 5.74) is 13.1. The molecule has 22 heteroatoms. The van der Waals surface area contributed by atoms with Crippen LogP contribution in [0.2, 0.25) is 0 Å². The van der Waals surface area contributed by atoms with Crippen molar-refractivity contribution >= 4 is 38.4 Å². The van der Waals surface area contributed by atoms with Gasteiger partial charge in [0.2, 0.25) is 11.9 Å². The summed E-state index contributed by atoms with van der Waals surface area (Å²) < 4.78 is 59.4. The highest BCUT2D eigenvalue weighted by atomic mass is 31.2. The fourth-order valence-electron chi connectivity index (χ4n) is 3.26. The van der Waals surface area contributed by atoms with Crippen LogP contribution in [-0.2, 0) is 31.4 Å². The van der Waals surface area contributed by atoms with E-state index in [-0.39, 0.29) is 24.7 Å². The van der Waals surface area contributed by atoms with Crippen LogP contribution < -0.4 is 11.5 Å².